The molecule has 2 heteroatoms. The van der Waals surface area contributed by atoms with Gasteiger partial charge in [-0.25, -0.2) is 0 Å². The van der Waals surface area contributed by atoms with Crippen LogP contribution >= 0.6 is 0 Å². The number of amides is 1. The fraction of sp³-hybridized carbons (Fsp3) is 0.500. The minimum atomic E-state index is 0.174. The van der Waals surface area contributed by atoms with E-state index < -0.39 is 0 Å². The summed E-state index contributed by atoms with van der Waals surface area (Å²) in [6, 6.07) is 0. The van der Waals surface area contributed by atoms with Gasteiger partial charge in [0.25, 0.3) is 0 Å². The van der Waals surface area contributed by atoms with E-state index in [-0.39, 0.29) is 5.91 Å². The maximum atomic E-state index is 11.3. The lowest BCUT2D eigenvalue weighted by Crippen LogP contribution is -2.24. The number of allylic oxidation sites excluding steroid dienone is 3. The molecular formula is C10H15NO. The van der Waals surface area contributed by atoms with Crippen LogP contribution in [0.4, 0.5) is 0 Å². The maximum absolute atomic E-state index is 11.3. The SMILES string of the molecule is CCC(=O)N(C)C1=CCCC=C1. The number of rotatable bonds is 2. The Bertz CT molecular complexity index is 228. The second kappa shape index (κ2) is 4.10. The van der Waals surface area contributed by atoms with Crippen molar-refractivity contribution in [3.8, 4) is 0 Å². The molecule has 1 rings (SSSR count). The zero-order chi connectivity index (χ0) is 8.97. The first kappa shape index (κ1) is 9.04. The van der Waals surface area contributed by atoms with E-state index in [4.69, 9.17) is 0 Å². The summed E-state index contributed by atoms with van der Waals surface area (Å²) in [5.41, 5.74) is 1.04. The first-order valence-corrected chi connectivity index (χ1v) is 4.39. The van der Waals surface area contributed by atoms with E-state index in [1.165, 1.54) is 0 Å². The summed E-state index contributed by atoms with van der Waals surface area (Å²) in [7, 11) is 1.83. The highest BCUT2D eigenvalue weighted by Crippen LogP contribution is 2.13. The molecule has 0 N–H and O–H groups in total. The van der Waals surface area contributed by atoms with E-state index in [0.29, 0.717) is 6.42 Å². The number of hydrogen-bond donors (Lipinski definition) is 0. The summed E-state index contributed by atoms with van der Waals surface area (Å²) < 4.78 is 0. The molecular weight excluding hydrogens is 150 g/mol. The van der Waals surface area contributed by atoms with Crippen molar-refractivity contribution in [2.45, 2.75) is 26.2 Å². The minimum Gasteiger partial charge on any atom is -0.316 e. The topological polar surface area (TPSA) is 20.3 Å². The lowest BCUT2D eigenvalue weighted by atomic mass is 10.1. The average molecular weight is 165 g/mol. The van der Waals surface area contributed by atoms with Crippen LogP contribution in [0.3, 0.4) is 0 Å². The van der Waals surface area contributed by atoms with E-state index >= 15 is 0 Å². The van der Waals surface area contributed by atoms with Gasteiger partial charge in [0.15, 0.2) is 0 Å². The molecule has 0 aromatic heterocycles. The second-order valence-electron chi connectivity index (χ2n) is 2.92. The average Bonchev–Trinajstić information content (AvgIpc) is 2.17. The van der Waals surface area contributed by atoms with Gasteiger partial charge >= 0.3 is 0 Å². The molecule has 12 heavy (non-hydrogen) atoms. The molecule has 2 nitrogen and oxygen atoms in total. The molecule has 0 spiro atoms. The summed E-state index contributed by atoms with van der Waals surface area (Å²) in [6.45, 7) is 1.88. The predicted molar refractivity (Wildman–Crippen MR) is 49.5 cm³/mol. The minimum absolute atomic E-state index is 0.174. The number of nitrogens with zero attached hydrogens (tertiary/aromatic N) is 1. The van der Waals surface area contributed by atoms with Gasteiger partial charge in [-0.3, -0.25) is 4.79 Å². The van der Waals surface area contributed by atoms with Crippen molar-refractivity contribution in [3.63, 3.8) is 0 Å². The fourth-order valence-corrected chi connectivity index (χ4v) is 1.23. The van der Waals surface area contributed by atoms with E-state index in [2.05, 4.69) is 12.2 Å². The maximum Gasteiger partial charge on any atom is 0.226 e. The third kappa shape index (κ3) is 1.97. The van der Waals surface area contributed by atoms with Gasteiger partial charge in [0, 0.05) is 19.2 Å². The predicted octanol–water partition coefficient (Wildman–Crippen LogP) is 2.09. The first-order chi connectivity index (χ1) is 5.75. The summed E-state index contributed by atoms with van der Waals surface area (Å²) >= 11 is 0. The molecule has 0 saturated heterocycles. The molecule has 66 valence electrons. The Morgan fingerprint density at radius 3 is 2.83 bits per heavy atom. The molecule has 0 aromatic rings. The standard InChI is InChI=1S/C10H15NO/c1-3-10(12)11(2)9-7-5-4-6-8-9/h5,7-8H,3-4,6H2,1-2H3. The van der Waals surface area contributed by atoms with Gasteiger partial charge in [0.2, 0.25) is 5.91 Å². The van der Waals surface area contributed by atoms with Crippen molar-refractivity contribution in [2.24, 2.45) is 0 Å². The van der Waals surface area contributed by atoms with Crippen molar-refractivity contribution < 1.29 is 4.79 Å². The van der Waals surface area contributed by atoms with Crippen LogP contribution in [0.15, 0.2) is 23.9 Å². The second-order valence-corrected chi connectivity index (χ2v) is 2.92. The van der Waals surface area contributed by atoms with Crippen molar-refractivity contribution in [1.29, 1.82) is 0 Å². The van der Waals surface area contributed by atoms with E-state index in [1.54, 1.807) is 4.90 Å². The first-order valence-electron chi connectivity index (χ1n) is 4.39. The summed E-state index contributed by atoms with van der Waals surface area (Å²) in [5.74, 6) is 0.174. The smallest absolute Gasteiger partial charge is 0.226 e. The van der Waals surface area contributed by atoms with Gasteiger partial charge in [-0.15, -0.1) is 0 Å². The summed E-state index contributed by atoms with van der Waals surface area (Å²) in [5, 5.41) is 0. The Hall–Kier alpha value is -1.05. The van der Waals surface area contributed by atoms with Crippen LogP contribution in [0, 0.1) is 0 Å². The lowest BCUT2D eigenvalue weighted by molar-refractivity contribution is -0.127. The molecule has 0 heterocycles. The quantitative estimate of drug-likeness (QED) is 0.613. The van der Waals surface area contributed by atoms with Crippen molar-refractivity contribution in [3.05, 3.63) is 23.9 Å². The van der Waals surface area contributed by atoms with Gasteiger partial charge in [-0.2, -0.15) is 0 Å². The largest absolute Gasteiger partial charge is 0.316 e. The highest BCUT2D eigenvalue weighted by molar-refractivity contribution is 5.77. The van der Waals surface area contributed by atoms with Gasteiger partial charge < -0.3 is 4.90 Å². The van der Waals surface area contributed by atoms with Crippen molar-refractivity contribution in [1.82, 2.24) is 4.90 Å². The van der Waals surface area contributed by atoms with E-state index in [1.807, 2.05) is 20.0 Å². The van der Waals surface area contributed by atoms with Gasteiger partial charge in [-0.05, 0) is 18.9 Å². The Kier molecular flexibility index (Phi) is 3.09. The van der Waals surface area contributed by atoms with Crippen molar-refractivity contribution >= 4 is 5.91 Å². The Balaban J connectivity index is 2.63. The molecule has 0 saturated carbocycles. The van der Waals surface area contributed by atoms with Gasteiger partial charge in [0.1, 0.15) is 0 Å². The molecule has 0 fully saturated rings. The highest BCUT2D eigenvalue weighted by Gasteiger charge is 2.09. The zero-order valence-electron chi connectivity index (χ0n) is 7.71. The van der Waals surface area contributed by atoms with Crippen LogP contribution in [-0.2, 0) is 4.79 Å². The number of carbonyl (C=O) groups excluding carboxylic acids is 1. The molecule has 1 amide bonds. The van der Waals surface area contributed by atoms with Gasteiger partial charge in [-0.1, -0.05) is 19.1 Å². The zero-order valence-corrected chi connectivity index (χ0v) is 7.71. The van der Waals surface area contributed by atoms with Crippen LogP contribution < -0.4 is 0 Å². The highest BCUT2D eigenvalue weighted by atomic mass is 16.2. The molecule has 1 aliphatic rings. The van der Waals surface area contributed by atoms with Crippen LogP contribution in [0.5, 0.6) is 0 Å². The summed E-state index contributed by atoms with van der Waals surface area (Å²) in [6.07, 6.45) is 8.94. The Morgan fingerprint density at radius 1 is 1.58 bits per heavy atom. The van der Waals surface area contributed by atoms with Crippen LogP contribution in [-0.4, -0.2) is 17.9 Å². The Labute approximate surface area is 73.6 Å². The van der Waals surface area contributed by atoms with E-state index in [9.17, 15) is 4.79 Å². The molecule has 0 bridgehead atoms. The van der Waals surface area contributed by atoms with Crippen LogP contribution in [0.2, 0.25) is 0 Å². The van der Waals surface area contributed by atoms with E-state index in [0.717, 1.165) is 18.5 Å². The third-order valence-electron chi connectivity index (χ3n) is 2.04. The molecule has 0 aliphatic heterocycles. The third-order valence-corrected chi connectivity index (χ3v) is 2.04. The number of hydrogen-bond acceptors (Lipinski definition) is 1. The summed E-state index contributed by atoms with van der Waals surface area (Å²) in [4.78, 5) is 13.0. The Morgan fingerprint density at radius 2 is 2.33 bits per heavy atom. The lowest BCUT2D eigenvalue weighted by Gasteiger charge is -2.19. The number of carbonyl (C=O) groups is 1. The fourth-order valence-electron chi connectivity index (χ4n) is 1.23. The van der Waals surface area contributed by atoms with Gasteiger partial charge in [0.05, 0.1) is 0 Å². The molecule has 0 radical (unpaired) electrons. The normalized spacial score (nSPS) is 15.7. The monoisotopic (exact) mass is 165 g/mol. The molecule has 1 aliphatic carbocycles. The van der Waals surface area contributed by atoms with Crippen LogP contribution in [0.1, 0.15) is 26.2 Å². The number of likely N-dealkylation sites (N-methyl/N-ethyl adjacent to an activating group) is 1. The molecule has 0 atom stereocenters. The molecule has 0 aromatic carbocycles. The van der Waals surface area contributed by atoms with Crippen LogP contribution in [0.25, 0.3) is 0 Å². The van der Waals surface area contributed by atoms with Crippen molar-refractivity contribution in [2.75, 3.05) is 7.05 Å². The molecule has 0 unspecified atom stereocenters.